The number of likely N-dealkylation sites (N-methyl/N-ethyl adjacent to an activating group) is 1. The number of alkyl halides is 3. The molecule has 112 valence electrons. The normalized spacial score (nSPS) is 20.3. The Hall–Kier alpha value is -1.27. The lowest BCUT2D eigenvalue weighted by molar-refractivity contribution is -0.275. The molecule has 1 unspecified atom stereocenters. The van der Waals surface area contributed by atoms with Crippen LogP contribution in [0.5, 0.6) is 5.75 Å². The maximum absolute atomic E-state index is 12.4. The largest absolute Gasteiger partial charge is 0.573 e. The molecule has 0 saturated carbocycles. The molecule has 1 aromatic carbocycles. The molecule has 0 bridgehead atoms. The van der Waals surface area contributed by atoms with Crippen LogP contribution in [0.2, 0.25) is 0 Å². The minimum atomic E-state index is -4.65. The number of nitrogens with one attached hydrogen (secondary N) is 1. The van der Waals surface area contributed by atoms with Gasteiger partial charge in [0.2, 0.25) is 0 Å². The highest BCUT2D eigenvalue weighted by Gasteiger charge is 2.32. The highest BCUT2D eigenvalue weighted by molar-refractivity contribution is 5.33. The van der Waals surface area contributed by atoms with Crippen molar-refractivity contribution in [3.8, 4) is 5.75 Å². The van der Waals surface area contributed by atoms with E-state index in [9.17, 15) is 13.2 Å². The predicted octanol–water partition coefficient (Wildman–Crippen LogP) is 2.77. The number of likely N-dealkylation sites (tertiary alicyclic amines) is 1. The van der Waals surface area contributed by atoms with Crippen molar-refractivity contribution in [1.82, 2.24) is 10.2 Å². The van der Waals surface area contributed by atoms with E-state index in [4.69, 9.17) is 0 Å². The Morgan fingerprint density at radius 3 is 2.80 bits per heavy atom. The molecule has 0 amide bonds. The van der Waals surface area contributed by atoms with Crippen molar-refractivity contribution in [3.63, 3.8) is 0 Å². The quantitative estimate of drug-likeness (QED) is 0.901. The Kier molecular flexibility index (Phi) is 4.88. The average Bonchev–Trinajstić information content (AvgIpc) is 2.78. The third-order valence-electron chi connectivity index (χ3n) is 3.51. The van der Waals surface area contributed by atoms with E-state index in [-0.39, 0.29) is 5.75 Å². The van der Waals surface area contributed by atoms with Gasteiger partial charge in [-0.25, -0.2) is 0 Å². The zero-order chi connectivity index (χ0) is 14.6. The van der Waals surface area contributed by atoms with Crippen LogP contribution in [0, 0.1) is 0 Å². The van der Waals surface area contributed by atoms with E-state index in [2.05, 4.69) is 15.0 Å². The fourth-order valence-electron chi connectivity index (χ4n) is 2.65. The van der Waals surface area contributed by atoms with Crippen molar-refractivity contribution in [2.45, 2.75) is 31.8 Å². The van der Waals surface area contributed by atoms with Gasteiger partial charge in [0, 0.05) is 24.7 Å². The van der Waals surface area contributed by atoms with Gasteiger partial charge in [-0.15, -0.1) is 13.2 Å². The SMILES string of the molecule is CNCC1CCCN1Cc1ccccc1OC(F)(F)F. The van der Waals surface area contributed by atoms with Gasteiger partial charge in [-0.3, -0.25) is 4.90 Å². The molecule has 1 aliphatic heterocycles. The van der Waals surface area contributed by atoms with Gasteiger partial charge in [0.1, 0.15) is 5.75 Å². The Balaban J connectivity index is 2.09. The third-order valence-corrected chi connectivity index (χ3v) is 3.51. The Morgan fingerprint density at radius 1 is 1.35 bits per heavy atom. The molecule has 2 rings (SSSR count). The summed E-state index contributed by atoms with van der Waals surface area (Å²) in [5.74, 6) is -0.102. The van der Waals surface area contributed by atoms with Gasteiger partial charge in [-0.1, -0.05) is 18.2 Å². The molecular formula is C14H19F3N2O. The Morgan fingerprint density at radius 2 is 2.10 bits per heavy atom. The van der Waals surface area contributed by atoms with Crippen LogP contribution in [0.3, 0.4) is 0 Å². The summed E-state index contributed by atoms with van der Waals surface area (Å²) in [6, 6.07) is 6.72. The molecule has 3 nitrogen and oxygen atoms in total. The molecule has 6 heteroatoms. The van der Waals surface area contributed by atoms with Gasteiger partial charge in [0.15, 0.2) is 0 Å². The summed E-state index contributed by atoms with van der Waals surface area (Å²) >= 11 is 0. The van der Waals surface area contributed by atoms with Gasteiger partial charge >= 0.3 is 6.36 Å². The monoisotopic (exact) mass is 288 g/mol. The van der Waals surface area contributed by atoms with Crippen LogP contribution in [0.25, 0.3) is 0 Å². The fourth-order valence-corrected chi connectivity index (χ4v) is 2.65. The second-order valence-electron chi connectivity index (χ2n) is 4.98. The lowest BCUT2D eigenvalue weighted by atomic mass is 10.1. The van der Waals surface area contributed by atoms with Crippen LogP contribution in [-0.2, 0) is 6.54 Å². The highest BCUT2D eigenvalue weighted by Crippen LogP contribution is 2.29. The lowest BCUT2D eigenvalue weighted by Crippen LogP contribution is -2.36. The van der Waals surface area contributed by atoms with Crippen LogP contribution in [0.1, 0.15) is 18.4 Å². The Labute approximate surface area is 116 Å². The van der Waals surface area contributed by atoms with Crippen molar-refractivity contribution in [3.05, 3.63) is 29.8 Å². The summed E-state index contributed by atoms with van der Waals surface area (Å²) in [6.07, 6.45) is -2.50. The molecule has 0 aliphatic carbocycles. The zero-order valence-corrected chi connectivity index (χ0v) is 11.4. The lowest BCUT2D eigenvalue weighted by Gasteiger charge is -2.25. The summed E-state index contributed by atoms with van der Waals surface area (Å²) in [5, 5.41) is 3.13. The van der Waals surface area contributed by atoms with Crippen molar-refractivity contribution >= 4 is 0 Å². The fraction of sp³-hybridized carbons (Fsp3) is 0.571. The first kappa shape index (κ1) is 15.1. The number of para-hydroxylation sites is 1. The minimum Gasteiger partial charge on any atom is -0.405 e. The number of benzene rings is 1. The third kappa shape index (κ3) is 4.11. The van der Waals surface area contributed by atoms with Crippen molar-refractivity contribution < 1.29 is 17.9 Å². The van der Waals surface area contributed by atoms with E-state index in [1.54, 1.807) is 18.2 Å². The summed E-state index contributed by atoms with van der Waals surface area (Å²) in [7, 11) is 1.89. The first-order chi connectivity index (χ1) is 9.49. The summed E-state index contributed by atoms with van der Waals surface area (Å²) in [4.78, 5) is 2.20. The van der Waals surface area contributed by atoms with Crippen molar-refractivity contribution in [1.29, 1.82) is 0 Å². The summed E-state index contributed by atoms with van der Waals surface area (Å²) in [5.41, 5.74) is 0.577. The average molecular weight is 288 g/mol. The number of ether oxygens (including phenoxy) is 1. The molecule has 1 aromatic rings. The zero-order valence-electron chi connectivity index (χ0n) is 11.4. The molecule has 0 aromatic heterocycles. The molecule has 1 saturated heterocycles. The van der Waals surface area contributed by atoms with E-state index in [0.717, 1.165) is 25.9 Å². The molecule has 1 aliphatic rings. The number of nitrogens with zero attached hydrogens (tertiary/aromatic N) is 1. The van der Waals surface area contributed by atoms with Crippen molar-refractivity contribution in [2.24, 2.45) is 0 Å². The van der Waals surface area contributed by atoms with Crippen LogP contribution < -0.4 is 10.1 Å². The number of hydrogen-bond acceptors (Lipinski definition) is 3. The summed E-state index contributed by atoms with van der Waals surface area (Å²) in [6.45, 7) is 2.24. The minimum absolute atomic E-state index is 0.102. The molecule has 20 heavy (non-hydrogen) atoms. The number of rotatable bonds is 5. The van der Waals surface area contributed by atoms with E-state index in [1.165, 1.54) is 6.07 Å². The van der Waals surface area contributed by atoms with Gasteiger partial charge < -0.3 is 10.1 Å². The summed E-state index contributed by atoms with van der Waals surface area (Å²) < 4.78 is 41.3. The number of hydrogen-bond donors (Lipinski definition) is 1. The molecule has 0 radical (unpaired) electrons. The maximum Gasteiger partial charge on any atom is 0.573 e. The molecule has 1 N–H and O–H groups in total. The van der Waals surface area contributed by atoms with Gasteiger partial charge in [-0.05, 0) is 32.5 Å². The van der Waals surface area contributed by atoms with Crippen LogP contribution in [0.4, 0.5) is 13.2 Å². The van der Waals surface area contributed by atoms with Crippen LogP contribution >= 0.6 is 0 Å². The van der Waals surface area contributed by atoms with Crippen LogP contribution in [-0.4, -0.2) is 37.4 Å². The second-order valence-corrected chi connectivity index (χ2v) is 4.98. The second kappa shape index (κ2) is 6.45. The topological polar surface area (TPSA) is 24.5 Å². The van der Waals surface area contributed by atoms with E-state index in [1.807, 2.05) is 7.05 Å². The standard InChI is InChI=1S/C14H19F3N2O/c1-18-9-12-6-4-8-19(12)10-11-5-2-3-7-13(11)20-14(15,16)17/h2-3,5,7,12,18H,4,6,8-10H2,1H3. The van der Waals surface area contributed by atoms with E-state index < -0.39 is 6.36 Å². The van der Waals surface area contributed by atoms with E-state index in [0.29, 0.717) is 18.2 Å². The first-order valence-electron chi connectivity index (χ1n) is 6.72. The first-order valence-corrected chi connectivity index (χ1v) is 6.72. The maximum atomic E-state index is 12.4. The van der Waals surface area contributed by atoms with Crippen molar-refractivity contribution in [2.75, 3.05) is 20.1 Å². The van der Waals surface area contributed by atoms with Gasteiger partial charge in [-0.2, -0.15) is 0 Å². The number of halogens is 3. The predicted molar refractivity (Wildman–Crippen MR) is 70.5 cm³/mol. The highest BCUT2D eigenvalue weighted by atomic mass is 19.4. The molecule has 1 atom stereocenters. The molecule has 1 heterocycles. The molecule has 1 fully saturated rings. The van der Waals surface area contributed by atoms with Gasteiger partial charge in [0.05, 0.1) is 0 Å². The van der Waals surface area contributed by atoms with Gasteiger partial charge in [0.25, 0.3) is 0 Å². The smallest absolute Gasteiger partial charge is 0.405 e. The molecule has 0 spiro atoms. The van der Waals surface area contributed by atoms with E-state index >= 15 is 0 Å². The molecular weight excluding hydrogens is 269 g/mol. The van der Waals surface area contributed by atoms with Crippen LogP contribution in [0.15, 0.2) is 24.3 Å². The Bertz CT molecular complexity index is 437.